The van der Waals surface area contributed by atoms with Crippen LogP contribution in [0.25, 0.3) is 0 Å². The van der Waals surface area contributed by atoms with Gasteiger partial charge in [-0.3, -0.25) is 0 Å². The number of hydrogen-bond donors (Lipinski definition) is 1. The van der Waals surface area contributed by atoms with Gasteiger partial charge in [0.2, 0.25) is 0 Å². The fourth-order valence-corrected chi connectivity index (χ4v) is 0.850. The first-order valence-electron chi connectivity index (χ1n) is 3.58. The molecule has 0 spiro atoms. The number of rotatable bonds is 2. The predicted molar refractivity (Wildman–Crippen MR) is 49.0 cm³/mol. The van der Waals surface area contributed by atoms with E-state index in [4.69, 9.17) is 5.73 Å². The van der Waals surface area contributed by atoms with Crippen molar-refractivity contribution >= 4 is 11.9 Å². The van der Waals surface area contributed by atoms with Gasteiger partial charge in [0.1, 0.15) is 0 Å². The van der Waals surface area contributed by atoms with Crippen LogP contribution in [-0.4, -0.2) is 13.3 Å². The number of anilines is 1. The van der Waals surface area contributed by atoms with Crippen molar-refractivity contribution in [1.29, 1.82) is 0 Å². The van der Waals surface area contributed by atoms with Crippen LogP contribution in [0.1, 0.15) is 5.56 Å². The largest absolute Gasteiger partial charge is 0.399 e. The summed E-state index contributed by atoms with van der Waals surface area (Å²) < 4.78 is 0. The molecule has 2 N–H and O–H groups in total. The van der Waals surface area contributed by atoms with Crippen molar-refractivity contribution in [3.8, 4) is 0 Å². The van der Waals surface area contributed by atoms with Crippen LogP contribution in [0.5, 0.6) is 0 Å². The van der Waals surface area contributed by atoms with E-state index in [1.54, 1.807) is 7.05 Å². The van der Waals surface area contributed by atoms with Gasteiger partial charge in [-0.1, -0.05) is 12.1 Å². The molecule has 1 aromatic rings. The third-order valence-corrected chi connectivity index (χ3v) is 1.49. The Kier molecular flexibility index (Phi) is 2.66. The summed E-state index contributed by atoms with van der Waals surface area (Å²) in [5.41, 5.74) is 7.57. The SMILES string of the molecule is CN=CCc1ccc(N)cc1. The summed E-state index contributed by atoms with van der Waals surface area (Å²) in [5.74, 6) is 0. The van der Waals surface area contributed by atoms with Gasteiger partial charge in [0.05, 0.1) is 0 Å². The zero-order chi connectivity index (χ0) is 8.10. The van der Waals surface area contributed by atoms with E-state index in [1.807, 2.05) is 30.5 Å². The van der Waals surface area contributed by atoms with Crippen molar-refractivity contribution < 1.29 is 0 Å². The van der Waals surface area contributed by atoms with Crippen LogP contribution in [-0.2, 0) is 6.42 Å². The van der Waals surface area contributed by atoms with E-state index in [9.17, 15) is 0 Å². The highest BCUT2D eigenvalue weighted by Crippen LogP contribution is 2.04. The molecule has 1 rings (SSSR count). The summed E-state index contributed by atoms with van der Waals surface area (Å²) in [6, 6.07) is 7.83. The van der Waals surface area contributed by atoms with Gasteiger partial charge in [0.15, 0.2) is 0 Å². The topological polar surface area (TPSA) is 38.4 Å². The Bertz CT molecular complexity index is 236. The minimum absolute atomic E-state index is 0.808. The summed E-state index contributed by atoms with van der Waals surface area (Å²) in [6.07, 6.45) is 2.77. The maximum absolute atomic E-state index is 5.52. The highest BCUT2D eigenvalue weighted by Gasteiger charge is 1.87. The Morgan fingerprint density at radius 2 is 2.00 bits per heavy atom. The Morgan fingerprint density at radius 3 is 2.55 bits per heavy atom. The number of nitrogen functional groups attached to an aromatic ring is 1. The molecule has 0 radical (unpaired) electrons. The van der Waals surface area contributed by atoms with E-state index >= 15 is 0 Å². The van der Waals surface area contributed by atoms with E-state index in [1.165, 1.54) is 5.56 Å². The van der Waals surface area contributed by atoms with Crippen molar-refractivity contribution in [3.63, 3.8) is 0 Å². The first kappa shape index (κ1) is 7.79. The second kappa shape index (κ2) is 3.76. The molecular formula is C9H12N2. The van der Waals surface area contributed by atoms with Crippen molar-refractivity contribution in [2.75, 3.05) is 12.8 Å². The lowest BCUT2D eigenvalue weighted by atomic mass is 10.1. The van der Waals surface area contributed by atoms with Gasteiger partial charge >= 0.3 is 0 Å². The molecule has 2 nitrogen and oxygen atoms in total. The molecule has 0 saturated heterocycles. The summed E-state index contributed by atoms with van der Waals surface area (Å²) in [7, 11) is 1.78. The molecule has 0 fully saturated rings. The molecule has 0 heterocycles. The number of hydrogen-bond acceptors (Lipinski definition) is 2. The van der Waals surface area contributed by atoms with Crippen LogP contribution in [0.3, 0.4) is 0 Å². The maximum Gasteiger partial charge on any atom is 0.0314 e. The van der Waals surface area contributed by atoms with E-state index < -0.39 is 0 Å². The van der Waals surface area contributed by atoms with Crippen molar-refractivity contribution in [2.24, 2.45) is 4.99 Å². The Hall–Kier alpha value is -1.31. The van der Waals surface area contributed by atoms with Crippen LogP contribution in [0.15, 0.2) is 29.3 Å². The molecule has 0 saturated carbocycles. The summed E-state index contributed by atoms with van der Waals surface area (Å²) in [6.45, 7) is 0. The monoisotopic (exact) mass is 148 g/mol. The molecule has 1 aromatic carbocycles. The third-order valence-electron chi connectivity index (χ3n) is 1.49. The molecule has 0 unspecified atom stereocenters. The predicted octanol–water partition coefficient (Wildman–Crippen LogP) is 1.51. The van der Waals surface area contributed by atoms with Gasteiger partial charge in [-0.2, -0.15) is 0 Å². The molecule has 0 amide bonds. The van der Waals surface area contributed by atoms with Crippen LogP contribution in [0.4, 0.5) is 5.69 Å². The number of nitrogens with zero attached hydrogens (tertiary/aromatic N) is 1. The van der Waals surface area contributed by atoms with Gasteiger partial charge in [-0.05, 0) is 17.7 Å². The van der Waals surface area contributed by atoms with E-state index in [0.29, 0.717) is 0 Å². The molecular weight excluding hydrogens is 136 g/mol. The van der Waals surface area contributed by atoms with Gasteiger partial charge < -0.3 is 10.7 Å². The summed E-state index contributed by atoms with van der Waals surface area (Å²) in [4.78, 5) is 3.90. The van der Waals surface area contributed by atoms with Gasteiger partial charge in [-0.25, -0.2) is 0 Å². The average molecular weight is 148 g/mol. The average Bonchev–Trinajstić information content (AvgIpc) is 2.04. The molecule has 0 aliphatic heterocycles. The van der Waals surface area contributed by atoms with Crippen molar-refractivity contribution in [2.45, 2.75) is 6.42 Å². The minimum atomic E-state index is 0.808. The lowest BCUT2D eigenvalue weighted by molar-refractivity contribution is 1.32. The number of aliphatic imine (C=N–C) groups is 1. The zero-order valence-corrected chi connectivity index (χ0v) is 6.62. The molecule has 11 heavy (non-hydrogen) atoms. The molecule has 58 valence electrons. The van der Waals surface area contributed by atoms with E-state index in [0.717, 1.165) is 12.1 Å². The lowest BCUT2D eigenvalue weighted by Crippen LogP contribution is -1.88. The fraction of sp³-hybridized carbons (Fsp3) is 0.222. The smallest absolute Gasteiger partial charge is 0.0314 e. The fourth-order valence-electron chi connectivity index (χ4n) is 0.850. The highest BCUT2D eigenvalue weighted by atomic mass is 14.6. The van der Waals surface area contributed by atoms with Crippen LogP contribution in [0, 0.1) is 0 Å². The van der Waals surface area contributed by atoms with Crippen LogP contribution >= 0.6 is 0 Å². The van der Waals surface area contributed by atoms with E-state index in [-0.39, 0.29) is 0 Å². The Balaban J connectivity index is 2.66. The number of nitrogens with two attached hydrogens (primary N) is 1. The summed E-state index contributed by atoms with van der Waals surface area (Å²) in [5, 5.41) is 0. The minimum Gasteiger partial charge on any atom is -0.399 e. The first-order valence-corrected chi connectivity index (χ1v) is 3.58. The second-order valence-corrected chi connectivity index (χ2v) is 2.39. The van der Waals surface area contributed by atoms with Crippen LogP contribution in [0.2, 0.25) is 0 Å². The zero-order valence-electron chi connectivity index (χ0n) is 6.62. The Morgan fingerprint density at radius 1 is 1.36 bits per heavy atom. The second-order valence-electron chi connectivity index (χ2n) is 2.39. The van der Waals surface area contributed by atoms with Crippen molar-refractivity contribution in [1.82, 2.24) is 0 Å². The van der Waals surface area contributed by atoms with E-state index in [2.05, 4.69) is 4.99 Å². The molecule has 0 aliphatic carbocycles. The van der Waals surface area contributed by atoms with Crippen molar-refractivity contribution in [3.05, 3.63) is 29.8 Å². The van der Waals surface area contributed by atoms with Crippen LogP contribution < -0.4 is 5.73 Å². The third kappa shape index (κ3) is 2.42. The summed E-state index contributed by atoms with van der Waals surface area (Å²) >= 11 is 0. The Labute approximate surface area is 66.8 Å². The first-order chi connectivity index (χ1) is 5.33. The molecule has 0 aliphatic rings. The molecule has 0 aromatic heterocycles. The van der Waals surface area contributed by atoms with Gasteiger partial charge in [0, 0.05) is 25.4 Å². The molecule has 0 atom stereocenters. The lowest BCUT2D eigenvalue weighted by Gasteiger charge is -1.95. The quantitative estimate of drug-likeness (QED) is 0.501. The number of benzene rings is 1. The standard InChI is InChI=1S/C9H12N2/c1-11-7-6-8-2-4-9(10)5-3-8/h2-5,7H,6,10H2,1H3. The van der Waals surface area contributed by atoms with Gasteiger partial charge in [0.25, 0.3) is 0 Å². The van der Waals surface area contributed by atoms with Gasteiger partial charge in [-0.15, -0.1) is 0 Å². The normalized spacial score (nSPS) is 10.6. The highest BCUT2D eigenvalue weighted by molar-refractivity contribution is 5.61. The molecule has 2 heteroatoms. The molecule has 0 bridgehead atoms. The maximum atomic E-state index is 5.52.